The van der Waals surface area contributed by atoms with E-state index < -0.39 is 11.4 Å². The Balaban J connectivity index is 2.22. The number of Topliss-reactive ketones (excluding diaryl/α,β-unsaturated/α-hetero) is 1. The molecule has 1 saturated heterocycles. The smallest absolute Gasteiger partial charge is 0.316 e. The lowest BCUT2D eigenvalue weighted by molar-refractivity contribution is -0.152. The van der Waals surface area contributed by atoms with E-state index in [1.165, 1.54) is 0 Å². The molecular weight excluding hydrogens is 196 g/mol. The van der Waals surface area contributed by atoms with E-state index in [0.717, 1.165) is 12.8 Å². The summed E-state index contributed by atoms with van der Waals surface area (Å²) in [5.74, 6) is -1.09. The second-order valence-corrected chi connectivity index (χ2v) is 5.03. The highest BCUT2D eigenvalue weighted by atomic mass is 16.5. The quantitative estimate of drug-likeness (QED) is 0.664. The Morgan fingerprint density at radius 1 is 1.40 bits per heavy atom. The average Bonchev–Trinajstić information content (AvgIpc) is 2.41. The molecule has 0 aromatic heterocycles. The first kappa shape index (κ1) is 10.6. The Morgan fingerprint density at radius 2 is 2.00 bits per heavy atom. The van der Waals surface area contributed by atoms with Crippen LogP contribution in [0.3, 0.4) is 0 Å². The lowest BCUT2D eigenvalue weighted by Crippen LogP contribution is -2.33. The summed E-state index contributed by atoms with van der Waals surface area (Å²) in [7, 11) is 0. The van der Waals surface area contributed by atoms with E-state index in [2.05, 4.69) is 0 Å². The summed E-state index contributed by atoms with van der Waals surface area (Å²) < 4.78 is 5.26. The van der Waals surface area contributed by atoms with Crippen molar-refractivity contribution in [3.8, 4) is 0 Å². The van der Waals surface area contributed by atoms with Gasteiger partial charge in [0.05, 0.1) is 0 Å². The van der Waals surface area contributed by atoms with Crippen LogP contribution in [0.1, 0.15) is 32.6 Å². The Hall–Kier alpha value is -0.900. The first-order valence-electron chi connectivity index (χ1n) is 5.33. The van der Waals surface area contributed by atoms with Crippen LogP contribution in [0.15, 0.2) is 0 Å². The number of aliphatic carboxylic acids is 1. The van der Waals surface area contributed by atoms with E-state index in [1.54, 1.807) is 6.92 Å². The summed E-state index contributed by atoms with van der Waals surface area (Å²) in [4.78, 5) is 22.9. The fraction of sp³-hybridized carbons (Fsp3) is 0.818. The maximum Gasteiger partial charge on any atom is 0.316 e. The number of rotatable bonds is 1. The number of ether oxygens (including phenoxy) is 1. The molecule has 1 spiro atoms. The Morgan fingerprint density at radius 3 is 2.47 bits per heavy atom. The van der Waals surface area contributed by atoms with Crippen molar-refractivity contribution in [2.75, 3.05) is 13.2 Å². The minimum absolute atomic E-state index is 0.0948. The van der Waals surface area contributed by atoms with Gasteiger partial charge in [0.15, 0.2) is 0 Å². The Bertz CT molecular complexity index is 304. The van der Waals surface area contributed by atoms with E-state index in [-0.39, 0.29) is 11.2 Å². The second-order valence-electron chi connectivity index (χ2n) is 5.03. The molecule has 1 atom stereocenters. The molecule has 1 aliphatic carbocycles. The van der Waals surface area contributed by atoms with E-state index in [9.17, 15) is 9.59 Å². The minimum atomic E-state index is -1.16. The summed E-state index contributed by atoms with van der Waals surface area (Å²) in [6.07, 6.45) is 2.54. The molecule has 4 nitrogen and oxygen atoms in total. The van der Waals surface area contributed by atoms with Crippen LogP contribution in [0.2, 0.25) is 0 Å². The van der Waals surface area contributed by atoms with Crippen LogP contribution in [0.5, 0.6) is 0 Å². The van der Waals surface area contributed by atoms with E-state index in [1.807, 2.05) is 0 Å². The van der Waals surface area contributed by atoms with Crippen molar-refractivity contribution >= 4 is 11.8 Å². The summed E-state index contributed by atoms with van der Waals surface area (Å²) in [5, 5.41) is 9.10. The SMILES string of the molecule is CC1(C(=O)O)CC2(CCOCC2)CC1=O. The number of carboxylic acid groups (broad SMARTS) is 1. The highest BCUT2D eigenvalue weighted by Gasteiger charge is 2.55. The zero-order chi connectivity index (χ0) is 11.1. The number of hydrogen-bond acceptors (Lipinski definition) is 3. The van der Waals surface area contributed by atoms with Gasteiger partial charge >= 0.3 is 5.97 Å². The van der Waals surface area contributed by atoms with Crippen molar-refractivity contribution in [3.05, 3.63) is 0 Å². The monoisotopic (exact) mass is 212 g/mol. The van der Waals surface area contributed by atoms with Gasteiger partial charge in [-0.25, -0.2) is 0 Å². The molecule has 15 heavy (non-hydrogen) atoms. The molecule has 1 aliphatic heterocycles. The lowest BCUT2D eigenvalue weighted by atomic mass is 9.75. The molecule has 2 aliphatic rings. The van der Waals surface area contributed by atoms with Crippen molar-refractivity contribution in [3.63, 3.8) is 0 Å². The van der Waals surface area contributed by atoms with Gasteiger partial charge in [0.25, 0.3) is 0 Å². The van der Waals surface area contributed by atoms with Crippen molar-refractivity contribution < 1.29 is 19.4 Å². The van der Waals surface area contributed by atoms with Gasteiger partial charge in [-0.15, -0.1) is 0 Å². The maximum atomic E-state index is 11.8. The first-order valence-corrected chi connectivity index (χ1v) is 5.33. The van der Waals surface area contributed by atoms with Crippen LogP contribution < -0.4 is 0 Å². The van der Waals surface area contributed by atoms with Crippen LogP contribution in [0.25, 0.3) is 0 Å². The molecular formula is C11H16O4. The first-order chi connectivity index (χ1) is 6.99. The van der Waals surface area contributed by atoms with Crippen molar-refractivity contribution in [2.45, 2.75) is 32.6 Å². The average molecular weight is 212 g/mol. The zero-order valence-corrected chi connectivity index (χ0v) is 8.91. The van der Waals surface area contributed by atoms with Gasteiger partial charge in [-0.05, 0) is 31.6 Å². The van der Waals surface area contributed by atoms with Crippen molar-refractivity contribution in [1.29, 1.82) is 0 Å². The van der Waals surface area contributed by atoms with Gasteiger partial charge < -0.3 is 9.84 Å². The predicted molar refractivity (Wildman–Crippen MR) is 52.5 cm³/mol. The third kappa shape index (κ3) is 1.57. The number of hydrogen-bond donors (Lipinski definition) is 1. The van der Waals surface area contributed by atoms with Gasteiger partial charge in [0.1, 0.15) is 11.2 Å². The highest BCUT2D eigenvalue weighted by molar-refractivity contribution is 6.04. The van der Waals surface area contributed by atoms with Gasteiger partial charge in [-0.3, -0.25) is 9.59 Å². The number of carboxylic acids is 1. The summed E-state index contributed by atoms with van der Waals surface area (Å²) >= 11 is 0. The maximum absolute atomic E-state index is 11.8. The van der Waals surface area contributed by atoms with Gasteiger partial charge in [0.2, 0.25) is 0 Å². The molecule has 4 heteroatoms. The Labute approximate surface area is 88.6 Å². The third-order valence-electron chi connectivity index (χ3n) is 3.91. The van der Waals surface area contributed by atoms with Crippen LogP contribution >= 0.6 is 0 Å². The lowest BCUT2D eigenvalue weighted by Gasteiger charge is -2.33. The van der Waals surface area contributed by atoms with Crippen LogP contribution in [0.4, 0.5) is 0 Å². The molecule has 2 fully saturated rings. The molecule has 2 rings (SSSR count). The number of ketones is 1. The topological polar surface area (TPSA) is 63.6 Å². The fourth-order valence-electron chi connectivity index (χ4n) is 2.80. The van der Waals surface area contributed by atoms with Crippen LogP contribution in [-0.4, -0.2) is 30.1 Å². The van der Waals surface area contributed by atoms with Gasteiger partial charge in [-0.2, -0.15) is 0 Å². The summed E-state index contributed by atoms with van der Waals surface area (Å²) in [6, 6.07) is 0. The van der Waals surface area contributed by atoms with E-state index >= 15 is 0 Å². The molecule has 0 aromatic rings. The van der Waals surface area contributed by atoms with Crippen LogP contribution in [-0.2, 0) is 14.3 Å². The molecule has 1 unspecified atom stereocenters. The van der Waals surface area contributed by atoms with Crippen LogP contribution in [0, 0.1) is 10.8 Å². The molecule has 0 amide bonds. The number of carbonyl (C=O) groups is 2. The fourth-order valence-corrected chi connectivity index (χ4v) is 2.80. The summed E-state index contributed by atoms with van der Waals surface area (Å²) in [5.41, 5.74) is -1.25. The van der Waals surface area contributed by atoms with Crippen molar-refractivity contribution in [2.24, 2.45) is 10.8 Å². The molecule has 0 radical (unpaired) electrons. The number of carbonyl (C=O) groups excluding carboxylic acids is 1. The third-order valence-corrected chi connectivity index (χ3v) is 3.91. The predicted octanol–water partition coefficient (Wildman–Crippen LogP) is 1.24. The van der Waals surface area contributed by atoms with Gasteiger partial charge in [-0.1, -0.05) is 0 Å². The summed E-state index contributed by atoms with van der Waals surface area (Å²) in [6.45, 7) is 2.87. The zero-order valence-electron chi connectivity index (χ0n) is 8.91. The van der Waals surface area contributed by atoms with Gasteiger partial charge in [0, 0.05) is 19.6 Å². The highest BCUT2D eigenvalue weighted by Crippen LogP contribution is 2.52. The Kier molecular flexibility index (Phi) is 2.34. The molecule has 1 N–H and O–H groups in total. The molecule has 0 bridgehead atoms. The molecule has 1 saturated carbocycles. The molecule has 1 heterocycles. The van der Waals surface area contributed by atoms with E-state index in [0.29, 0.717) is 26.1 Å². The second kappa shape index (κ2) is 3.30. The normalized spacial score (nSPS) is 34.6. The van der Waals surface area contributed by atoms with E-state index in [4.69, 9.17) is 9.84 Å². The molecule has 84 valence electrons. The molecule has 0 aromatic carbocycles. The standard InChI is InChI=1S/C11H16O4/c1-10(9(13)14)7-11(6-8(10)12)2-4-15-5-3-11/h2-7H2,1H3,(H,13,14). The van der Waals surface area contributed by atoms with Crippen molar-refractivity contribution in [1.82, 2.24) is 0 Å². The minimum Gasteiger partial charge on any atom is -0.481 e. The largest absolute Gasteiger partial charge is 0.481 e.